The van der Waals surface area contributed by atoms with Gasteiger partial charge >= 0.3 is 0 Å². The quantitative estimate of drug-likeness (QED) is 0.850. The Bertz CT molecular complexity index is 380. The second kappa shape index (κ2) is 5.85. The molecule has 92 valence electrons. The number of nitrogens with one attached hydrogen (secondary N) is 1. The van der Waals surface area contributed by atoms with Gasteiger partial charge in [0.05, 0.1) is 0 Å². The number of rotatable bonds is 3. The summed E-state index contributed by atoms with van der Waals surface area (Å²) in [5.74, 6) is 0.500. The van der Waals surface area contributed by atoms with Gasteiger partial charge in [-0.05, 0) is 25.3 Å². The molecule has 2 rings (SSSR count). The van der Waals surface area contributed by atoms with Gasteiger partial charge < -0.3 is 5.32 Å². The lowest BCUT2D eigenvalue weighted by atomic mass is 9.88. The summed E-state index contributed by atoms with van der Waals surface area (Å²) in [5, 5.41) is 3.06. The normalized spacial score (nSPS) is 16.8. The average molecular weight is 231 g/mol. The lowest BCUT2D eigenvalue weighted by Gasteiger charge is -2.20. The molecule has 1 amide bonds. The van der Waals surface area contributed by atoms with Crippen LogP contribution in [0.25, 0.3) is 0 Å². The molecule has 0 aromatic heterocycles. The van der Waals surface area contributed by atoms with Crippen molar-refractivity contribution >= 4 is 5.91 Å². The molecule has 0 bridgehead atoms. The summed E-state index contributed by atoms with van der Waals surface area (Å²) in [6.45, 7) is 2.74. The van der Waals surface area contributed by atoms with E-state index in [0.29, 0.717) is 6.54 Å². The molecular formula is C15H21NO. The molecule has 1 aromatic rings. The Morgan fingerprint density at radius 1 is 1.29 bits per heavy atom. The standard InChI is InChI=1S/C15H21NO/c1-12-6-5-7-13(10-12)11-16-15(17)14-8-3-2-4-9-14/h5-7,10,14H,2-4,8-9,11H2,1H3,(H,16,17). The van der Waals surface area contributed by atoms with Gasteiger partial charge in [-0.2, -0.15) is 0 Å². The Balaban J connectivity index is 1.83. The third kappa shape index (κ3) is 3.58. The number of amides is 1. The van der Waals surface area contributed by atoms with Crippen LogP contribution in [0, 0.1) is 12.8 Å². The van der Waals surface area contributed by atoms with E-state index in [4.69, 9.17) is 0 Å². The Morgan fingerprint density at radius 3 is 2.76 bits per heavy atom. The van der Waals surface area contributed by atoms with Crippen LogP contribution in [0.5, 0.6) is 0 Å². The fourth-order valence-corrected chi connectivity index (χ4v) is 2.52. The van der Waals surface area contributed by atoms with Crippen LogP contribution in [-0.4, -0.2) is 5.91 Å². The molecule has 1 fully saturated rings. The Labute approximate surface area is 103 Å². The Kier molecular flexibility index (Phi) is 4.18. The Hall–Kier alpha value is -1.31. The molecule has 1 aliphatic carbocycles. The predicted octanol–water partition coefficient (Wildman–Crippen LogP) is 3.19. The van der Waals surface area contributed by atoms with E-state index in [1.54, 1.807) is 0 Å². The lowest BCUT2D eigenvalue weighted by Crippen LogP contribution is -2.31. The molecule has 2 nitrogen and oxygen atoms in total. The predicted molar refractivity (Wildman–Crippen MR) is 69.6 cm³/mol. The number of hydrogen-bond acceptors (Lipinski definition) is 1. The van der Waals surface area contributed by atoms with E-state index in [1.807, 2.05) is 6.07 Å². The van der Waals surface area contributed by atoms with Gasteiger partial charge in [0.2, 0.25) is 5.91 Å². The van der Waals surface area contributed by atoms with Gasteiger partial charge in [-0.25, -0.2) is 0 Å². The molecule has 0 saturated heterocycles. The van der Waals surface area contributed by atoms with Crippen LogP contribution in [-0.2, 0) is 11.3 Å². The molecule has 0 heterocycles. The molecule has 0 unspecified atom stereocenters. The van der Waals surface area contributed by atoms with Crippen molar-refractivity contribution < 1.29 is 4.79 Å². The first-order valence-corrected chi connectivity index (χ1v) is 6.59. The third-order valence-corrected chi connectivity index (χ3v) is 3.53. The molecule has 1 aliphatic rings. The molecular weight excluding hydrogens is 210 g/mol. The minimum Gasteiger partial charge on any atom is -0.352 e. The lowest BCUT2D eigenvalue weighted by molar-refractivity contribution is -0.126. The molecule has 1 N–H and O–H groups in total. The van der Waals surface area contributed by atoms with Gasteiger partial charge in [-0.15, -0.1) is 0 Å². The summed E-state index contributed by atoms with van der Waals surface area (Å²) in [5.41, 5.74) is 2.43. The van der Waals surface area contributed by atoms with Crippen molar-refractivity contribution in [2.24, 2.45) is 5.92 Å². The van der Waals surface area contributed by atoms with Crippen molar-refractivity contribution in [2.45, 2.75) is 45.6 Å². The number of carbonyl (C=O) groups excluding carboxylic acids is 1. The molecule has 1 aromatic carbocycles. The minimum absolute atomic E-state index is 0.242. The summed E-state index contributed by atoms with van der Waals surface area (Å²) in [6, 6.07) is 8.30. The van der Waals surface area contributed by atoms with E-state index in [2.05, 4.69) is 30.4 Å². The van der Waals surface area contributed by atoms with Crippen molar-refractivity contribution in [3.8, 4) is 0 Å². The van der Waals surface area contributed by atoms with Gasteiger partial charge in [0, 0.05) is 12.5 Å². The summed E-state index contributed by atoms with van der Waals surface area (Å²) < 4.78 is 0. The van der Waals surface area contributed by atoms with Crippen molar-refractivity contribution in [1.82, 2.24) is 5.32 Å². The third-order valence-electron chi connectivity index (χ3n) is 3.53. The van der Waals surface area contributed by atoms with E-state index in [1.165, 1.54) is 30.4 Å². The van der Waals surface area contributed by atoms with Gasteiger partial charge in [-0.1, -0.05) is 49.1 Å². The SMILES string of the molecule is Cc1cccc(CNC(=O)C2CCCCC2)c1. The summed E-state index contributed by atoms with van der Waals surface area (Å²) in [6.07, 6.45) is 5.85. The highest BCUT2D eigenvalue weighted by Gasteiger charge is 2.20. The molecule has 1 saturated carbocycles. The van der Waals surface area contributed by atoms with Crippen molar-refractivity contribution in [2.75, 3.05) is 0 Å². The fraction of sp³-hybridized carbons (Fsp3) is 0.533. The monoisotopic (exact) mass is 231 g/mol. The highest BCUT2D eigenvalue weighted by atomic mass is 16.1. The van der Waals surface area contributed by atoms with Crippen molar-refractivity contribution in [3.63, 3.8) is 0 Å². The van der Waals surface area contributed by atoms with E-state index >= 15 is 0 Å². The zero-order valence-electron chi connectivity index (χ0n) is 10.5. The van der Waals surface area contributed by atoms with Gasteiger partial charge in [0.25, 0.3) is 0 Å². The number of benzene rings is 1. The van der Waals surface area contributed by atoms with Gasteiger partial charge in [0.15, 0.2) is 0 Å². The van der Waals surface area contributed by atoms with Gasteiger partial charge in [-0.3, -0.25) is 4.79 Å². The second-order valence-corrected chi connectivity index (χ2v) is 5.04. The highest BCUT2D eigenvalue weighted by molar-refractivity contribution is 5.78. The molecule has 0 aliphatic heterocycles. The zero-order chi connectivity index (χ0) is 12.1. The van der Waals surface area contributed by atoms with E-state index in [0.717, 1.165) is 12.8 Å². The fourth-order valence-electron chi connectivity index (χ4n) is 2.52. The topological polar surface area (TPSA) is 29.1 Å². The van der Waals surface area contributed by atoms with Crippen LogP contribution in [0.4, 0.5) is 0 Å². The number of carbonyl (C=O) groups is 1. The first-order valence-electron chi connectivity index (χ1n) is 6.59. The van der Waals surface area contributed by atoms with Crippen LogP contribution < -0.4 is 5.32 Å². The largest absolute Gasteiger partial charge is 0.352 e. The van der Waals surface area contributed by atoms with E-state index in [-0.39, 0.29) is 11.8 Å². The minimum atomic E-state index is 0.242. The van der Waals surface area contributed by atoms with Crippen molar-refractivity contribution in [1.29, 1.82) is 0 Å². The molecule has 0 atom stereocenters. The van der Waals surface area contributed by atoms with Crippen LogP contribution in [0.15, 0.2) is 24.3 Å². The van der Waals surface area contributed by atoms with Crippen LogP contribution in [0.2, 0.25) is 0 Å². The van der Waals surface area contributed by atoms with Crippen LogP contribution in [0.3, 0.4) is 0 Å². The van der Waals surface area contributed by atoms with E-state index in [9.17, 15) is 4.79 Å². The molecule has 2 heteroatoms. The van der Waals surface area contributed by atoms with Gasteiger partial charge in [0.1, 0.15) is 0 Å². The smallest absolute Gasteiger partial charge is 0.223 e. The number of aryl methyl sites for hydroxylation is 1. The van der Waals surface area contributed by atoms with Crippen LogP contribution in [0.1, 0.15) is 43.2 Å². The highest BCUT2D eigenvalue weighted by Crippen LogP contribution is 2.23. The average Bonchev–Trinajstić information content (AvgIpc) is 2.37. The first kappa shape index (κ1) is 12.2. The van der Waals surface area contributed by atoms with E-state index < -0.39 is 0 Å². The maximum Gasteiger partial charge on any atom is 0.223 e. The van der Waals surface area contributed by atoms with Crippen molar-refractivity contribution in [3.05, 3.63) is 35.4 Å². The Morgan fingerprint density at radius 2 is 2.06 bits per heavy atom. The zero-order valence-corrected chi connectivity index (χ0v) is 10.5. The molecule has 0 spiro atoms. The van der Waals surface area contributed by atoms with Crippen LogP contribution >= 0.6 is 0 Å². The molecule has 17 heavy (non-hydrogen) atoms. The maximum absolute atomic E-state index is 11.9. The molecule has 0 radical (unpaired) electrons. The first-order chi connectivity index (χ1) is 8.25. The number of hydrogen-bond donors (Lipinski definition) is 1. The summed E-state index contributed by atoms with van der Waals surface area (Å²) >= 11 is 0. The summed E-state index contributed by atoms with van der Waals surface area (Å²) in [7, 11) is 0. The maximum atomic E-state index is 11.9. The second-order valence-electron chi connectivity index (χ2n) is 5.04. The summed E-state index contributed by atoms with van der Waals surface area (Å²) in [4.78, 5) is 11.9.